The van der Waals surface area contributed by atoms with Crippen LogP contribution in [0.25, 0.3) is 5.65 Å². The van der Waals surface area contributed by atoms with Gasteiger partial charge < -0.3 is 25.4 Å². The van der Waals surface area contributed by atoms with Crippen molar-refractivity contribution in [2.75, 3.05) is 11.9 Å². The van der Waals surface area contributed by atoms with Crippen LogP contribution in [0, 0.1) is 5.82 Å². The Hall–Kier alpha value is -5.21. The van der Waals surface area contributed by atoms with Crippen LogP contribution in [0.2, 0.25) is 0 Å². The number of amides is 3. The lowest BCUT2D eigenvalue weighted by Crippen LogP contribution is -2.29. The number of alkyl halides is 3. The molecule has 0 atom stereocenters. The van der Waals surface area contributed by atoms with Crippen LogP contribution in [-0.4, -0.2) is 45.3 Å². The number of hydrogen-bond donors (Lipinski definition) is 3. The number of rotatable bonds is 7. The van der Waals surface area contributed by atoms with E-state index in [1.807, 2.05) is 0 Å². The average molecular weight is 558 g/mol. The Morgan fingerprint density at radius 1 is 1.05 bits per heavy atom. The maximum absolute atomic E-state index is 14.3. The van der Waals surface area contributed by atoms with Gasteiger partial charge in [-0.25, -0.2) is 13.9 Å². The van der Waals surface area contributed by atoms with Crippen LogP contribution < -0.4 is 25.4 Å². The summed E-state index contributed by atoms with van der Waals surface area (Å²) >= 11 is 0. The highest BCUT2D eigenvalue weighted by molar-refractivity contribution is 5.98. The third-order valence-corrected chi connectivity index (χ3v) is 5.61. The van der Waals surface area contributed by atoms with E-state index in [0.29, 0.717) is 17.0 Å². The van der Waals surface area contributed by atoms with Crippen molar-refractivity contribution >= 4 is 29.1 Å². The summed E-state index contributed by atoms with van der Waals surface area (Å²) in [6.07, 6.45) is -4.06. The van der Waals surface area contributed by atoms with E-state index in [1.54, 1.807) is 18.2 Å². The lowest BCUT2D eigenvalue weighted by Gasteiger charge is -2.18. The molecule has 3 N–H and O–H groups in total. The summed E-state index contributed by atoms with van der Waals surface area (Å²) in [5, 5.41) is 11.6. The summed E-state index contributed by atoms with van der Waals surface area (Å²) in [5.74, 6) is -2.71. The van der Waals surface area contributed by atoms with Gasteiger partial charge in [-0.3, -0.25) is 14.4 Å². The van der Waals surface area contributed by atoms with Gasteiger partial charge in [0.15, 0.2) is 18.1 Å². The van der Waals surface area contributed by atoms with Crippen LogP contribution in [0.5, 0.6) is 11.5 Å². The lowest BCUT2D eigenvalue weighted by molar-refractivity contribution is -0.274. The molecule has 11 nitrogen and oxygen atoms in total. The van der Waals surface area contributed by atoms with Crippen molar-refractivity contribution in [2.45, 2.75) is 19.5 Å². The van der Waals surface area contributed by atoms with E-state index in [2.05, 4.69) is 30.8 Å². The van der Waals surface area contributed by atoms with Crippen LogP contribution in [-0.2, 0) is 17.9 Å². The van der Waals surface area contributed by atoms with E-state index in [4.69, 9.17) is 4.74 Å². The molecule has 3 heterocycles. The number of ether oxygens (including phenoxy) is 2. The molecule has 0 radical (unpaired) electrons. The van der Waals surface area contributed by atoms with Gasteiger partial charge >= 0.3 is 6.36 Å². The van der Waals surface area contributed by atoms with E-state index < -0.39 is 29.7 Å². The molecule has 0 saturated heterocycles. The van der Waals surface area contributed by atoms with Crippen LogP contribution in [0.4, 0.5) is 23.2 Å². The molecule has 4 aromatic rings. The van der Waals surface area contributed by atoms with Gasteiger partial charge in [-0.05, 0) is 35.4 Å². The van der Waals surface area contributed by atoms with Crippen molar-refractivity contribution < 1.29 is 41.4 Å². The minimum atomic E-state index is -4.88. The summed E-state index contributed by atoms with van der Waals surface area (Å²) in [7, 11) is 0. The molecular formula is C25H18F4N6O5. The Kier molecular flexibility index (Phi) is 6.94. The average Bonchev–Trinajstić information content (AvgIpc) is 3.29. The van der Waals surface area contributed by atoms with Gasteiger partial charge in [0, 0.05) is 19.2 Å². The molecule has 40 heavy (non-hydrogen) atoms. The number of halogens is 4. The zero-order valence-corrected chi connectivity index (χ0v) is 20.2. The minimum Gasteiger partial charge on any atom is -0.482 e. The molecule has 3 amide bonds. The van der Waals surface area contributed by atoms with E-state index in [0.717, 1.165) is 28.9 Å². The first-order valence-electron chi connectivity index (χ1n) is 11.6. The van der Waals surface area contributed by atoms with Gasteiger partial charge in [-0.15, -0.1) is 13.2 Å². The summed E-state index contributed by atoms with van der Waals surface area (Å²) in [5.41, 5.74) is 0.439. The molecule has 0 saturated carbocycles. The van der Waals surface area contributed by atoms with Gasteiger partial charge in [-0.1, -0.05) is 18.2 Å². The van der Waals surface area contributed by atoms with Crippen molar-refractivity contribution in [3.05, 3.63) is 83.1 Å². The number of anilines is 1. The number of nitrogens with zero attached hydrogens (tertiary/aromatic N) is 3. The topological polar surface area (TPSA) is 136 Å². The molecule has 0 aliphatic carbocycles. The fourth-order valence-corrected chi connectivity index (χ4v) is 3.85. The molecular weight excluding hydrogens is 540 g/mol. The van der Waals surface area contributed by atoms with Gasteiger partial charge in [0.25, 0.3) is 17.7 Å². The Balaban J connectivity index is 1.31. The van der Waals surface area contributed by atoms with E-state index in [9.17, 15) is 31.9 Å². The number of carbonyl (C=O) groups is 3. The molecule has 2 aromatic heterocycles. The van der Waals surface area contributed by atoms with Crippen molar-refractivity contribution in [1.29, 1.82) is 0 Å². The summed E-state index contributed by atoms with van der Waals surface area (Å²) in [6, 6.07) is 11.0. The second-order valence-corrected chi connectivity index (χ2v) is 8.48. The molecule has 1 aliphatic rings. The quantitative estimate of drug-likeness (QED) is 0.297. The molecule has 0 bridgehead atoms. The van der Waals surface area contributed by atoms with Crippen molar-refractivity contribution in [3.63, 3.8) is 0 Å². The number of carbonyl (C=O) groups excluding carboxylic acids is 3. The Morgan fingerprint density at radius 3 is 2.58 bits per heavy atom. The van der Waals surface area contributed by atoms with Gasteiger partial charge in [0.05, 0.1) is 11.9 Å². The normalized spacial score (nSPS) is 12.8. The fraction of sp³-hybridized carbons (Fsp3) is 0.160. The molecule has 1 aliphatic heterocycles. The van der Waals surface area contributed by atoms with Gasteiger partial charge in [0.2, 0.25) is 0 Å². The second kappa shape index (κ2) is 10.5. The van der Waals surface area contributed by atoms with Gasteiger partial charge in [0.1, 0.15) is 22.9 Å². The highest BCUT2D eigenvalue weighted by atomic mass is 19.4. The predicted molar refractivity (Wildman–Crippen MR) is 129 cm³/mol. The Labute approximate surface area is 222 Å². The van der Waals surface area contributed by atoms with E-state index in [-0.39, 0.29) is 48.2 Å². The Bertz CT molecular complexity index is 1640. The molecule has 2 aromatic carbocycles. The number of benzene rings is 2. The largest absolute Gasteiger partial charge is 0.573 e. The smallest absolute Gasteiger partial charge is 0.482 e. The maximum atomic E-state index is 14.3. The minimum absolute atomic E-state index is 0.00839. The number of aromatic nitrogens is 3. The SMILES string of the molecule is O=C1COc2ccc(CNC(=O)c3cc(C(=O)NCc4cccc(OC(F)(F)F)c4)n4ncc(F)c4n3)cc2N1. The zero-order chi connectivity index (χ0) is 28.4. The van der Waals surface area contributed by atoms with E-state index >= 15 is 0 Å². The number of hydrogen-bond acceptors (Lipinski definition) is 7. The fourth-order valence-electron chi connectivity index (χ4n) is 3.85. The summed E-state index contributed by atoms with van der Waals surface area (Å²) < 4.78 is 61.9. The molecule has 5 rings (SSSR count). The number of nitrogens with one attached hydrogen (secondary N) is 3. The van der Waals surface area contributed by atoms with Crippen molar-refractivity contribution in [3.8, 4) is 11.5 Å². The molecule has 0 spiro atoms. The summed E-state index contributed by atoms with van der Waals surface area (Å²) in [6.45, 7) is -0.298. The first kappa shape index (κ1) is 26.4. The molecule has 0 fully saturated rings. The van der Waals surface area contributed by atoms with Crippen molar-refractivity contribution in [2.24, 2.45) is 0 Å². The van der Waals surface area contributed by atoms with Crippen LogP contribution in [0.1, 0.15) is 32.1 Å². The molecule has 206 valence electrons. The number of fused-ring (bicyclic) bond motifs is 2. The van der Waals surface area contributed by atoms with Crippen molar-refractivity contribution in [1.82, 2.24) is 25.2 Å². The highest BCUT2D eigenvalue weighted by Crippen LogP contribution is 2.28. The van der Waals surface area contributed by atoms with Crippen LogP contribution >= 0.6 is 0 Å². The first-order chi connectivity index (χ1) is 19.1. The van der Waals surface area contributed by atoms with E-state index in [1.165, 1.54) is 12.1 Å². The van der Waals surface area contributed by atoms with Gasteiger partial charge in [-0.2, -0.15) is 5.10 Å². The highest BCUT2D eigenvalue weighted by Gasteiger charge is 2.31. The standard InChI is InChI=1S/C25H18F4N6O5/c26-16-11-32-35-19(24(38)31-9-13-2-1-3-15(6-13)40-25(27,28)29)8-18(34-22(16)35)23(37)30-10-14-4-5-20-17(7-14)33-21(36)12-39-20/h1-8,11H,9-10,12H2,(H,30,37)(H,31,38)(H,33,36). The monoisotopic (exact) mass is 558 g/mol. The third-order valence-electron chi connectivity index (χ3n) is 5.61. The second-order valence-electron chi connectivity index (χ2n) is 8.48. The Morgan fingerprint density at radius 2 is 1.80 bits per heavy atom. The maximum Gasteiger partial charge on any atom is 0.573 e. The third kappa shape index (κ3) is 5.92. The zero-order valence-electron chi connectivity index (χ0n) is 20.2. The molecule has 15 heteroatoms. The molecule has 0 unspecified atom stereocenters. The lowest BCUT2D eigenvalue weighted by atomic mass is 10.1. The first-order valence-corrected chi connectivity index (χ1v) is 11.6. The van der Waals surface area contributed by atoms with Crippen LogP contribution in [0.3, 0.4) is 0 Å². The summed E-state index contributed by atoms with van der Waals surface area (Å²) in [4.78, 5) is 41.4. The van der Waals surface area contributed by atoms with Crippen LogP contribution in [0.15, 0.2) is 54.7 Å². The predicted octanol–water partition coefficient (Wildman–Crippen LogP) is 2.96.